The summed E-state index contributed by atoms with van der Waals surface area (Å²) < 4.78 is 5.59. The highest BCUT2D eigenvalue weighted by atomic mass is 32.1. The summed E-state index contributed by atoms with van der Waals surface area (Å²) in [5.74, 6) is 0. The molecule has 1 aliphatic carbocycles. The van der Waals surface area contributed by atoms with Crippen molar-refractivity contribution in [3.8, 4) is 0 Å². The summed E-state index contributed by atoms with van der Waals surface area (Å²) in [7, 11) is 1.83. The van der Waals surface area contributed by atoms with Crippen LogP contribution in [0.15, 0.2) is 6.20 Å². The third-order valence-electron chi connectivity index (χ3n) is 3.76. The summed E-state index contributed by atoms with van der Waals surface area (Å²) >= 11 is 1.82. The van der Waals surface area contributed by atoms with Gasteiger partial charge in [-0.15, -0.1) is 11.3 Å². The smallest absolute Gasteiger partial charge is 0.109 e. The van der Waals surface area contributed by atoms with E-state index in [1.54, 1.807) is 0 Å². The van der Waals surface area contributed by atoms with Gasteiger partial charge in [-0.2, -0.15) is 0 Å². The third kappa shape index (κ3) is 3.31. The first-order valence-electron chi connectivity index (χ1n) is 6.98. The lowest BCUT2D eigenvalue weighted by Gasteiger charge is -2.33. The van der Waals surface area contributed by atoms with E-state index in [1.165, 1.54) is 35.6 Å². The molecule has 3 unspecified atom stereocenters. The molecule has 0 spiro atoms. The molecule has 0 amide bonds. The summed E-state index contributed by atoms with van der Waals surface area (Å²) in [5, 5.41) is 4.90. The van der Waals surface area contributed by atoms with Crippen LogP contribution in [-0.2, 0) is 11.2 Å². The first-order valence-corrected chi connectivity index (χ1v) is 7.79. The summed E-state index contributed by atoms with van der Waals surface area (Å²) in [4.78, 5) is 5.88. The standard InChI is InChI=1S/C14H24N2OS/c1-4-11-9-15-14(18-11)10(2)16-12-7-5-6-8-13(12)17-3/h9-10,12-13,16H,4-8H2,1-3H3. The van der Waals surface area contributed by atoms with Gasteiger partial charge in [-0.1, -0.05) is 19.8 Å². The number of thiazole rings is 1. The van der Waals surface area contributed by atoms with Crippen LogP contribution in [0.1, 0.15) is 55.5 Å². The fourth-order valence-corrected chi connectivity index (χ4v) is 3.52. The number of nitrogens with one attached hydrogen (secondary N) is 1. The number of aryl methyl sites for hydroxylation is 1. The van der Waals surface area contributed by atoms with Crippen LogP contribution < -0.4 is 5.32 Å². The van der Waals surface area contributed by atoms with E-state index in [0.29, 0.717) is 18.2 Å². The number of methoxy groups -OCH3 is 1. The predicted molar refractivity (Wildman–Crippen MR) is 76.1 cm³/mol. The Morgan fingerprint density at radius 1 is 1.50 bits per heavy atom. The molecule has 1 heterocycles. The van der Waals surface area contributed by atoms with Crippen molar-refractivity contribution in [1.82, 2.24) is 10.3 Å². The van der Waals surface area contributed by atoms with Crippen LogP contribution in [0.25, 0.3) is 0 Å². The van der Waals surface area contributed by atoms with Crippen molar-refractivity contribution in [3.05, 3.63) is 16.1 Å². The highest BCUT2D eigenvalue weighted by Crippen LogP contribution is 2.25. The number of aromatic nitrogens is 1. The molecule has 1 N–H and O–H groups in total. The Bertz CT molecular complexity index is 366. The molecule has 18 heavy (non-hydrogen) atoms. The second-order valence-electron chi connectivity index (χ2n) is 5.07. The fourth-order valence-electron chi connectivity index (χ4n) is 2.65. The summed E-state index contributed by atoms with van der Waals surface area (Å²) in [6, 6.07) is 0.809. The summed E-state index contributed by atoms with van der Waals surface area (Å²) in [6.45, 7) is 4.39. The van der Waals surface area contributed by atoms with E-state index >= 15 is 0 Å². The largest absolute Gasteiger partial charge is 0.380 e. The van der Waals surface area contributed by atoms with Gasteiger partial charge in [0.2, 0.25) is 0 Å². The zero-order chi connectivity index (χ0) is 13.0. The maximum absolute atomic E-state index is 5.59. The van der Waals surface area contributed by atoms with Gasteiger partial charge in [-0.05, 0) is 26.2 Å². The minimum atomic E-state index is 0.330. The lowest BCUT2D eigenvalue weighted by atomic mass is 9.92. The van der Waals surface area contributed by atoms with E-state index in [1.807, 2.05) is 24.6 Å². The van der Waals surface area contributed by atoms with Crippen LogP contribution in [0.3, 0.4) is 0 Å². The molecule has 4 heteroatoms. The van der Waals surface area contributed by atoms with Gasteiger partial charge < -0.3 is 10.1 Å². The van der Waals surface area contributed by atoms with E-state index in [-0.39, 0.29) is 0 Å². The van der Waals surface area contributed by atoms with E-state index in [4.69, 9.17) is 4.74 Å². The Balaban J connectivity index is 1.94. The van der Waals surface area contributed by atoms with Crippen molar-refractivity contribution >= 4 is 11.3 Å². The lowest BCUT2D eigenvalue weighted by molar-refractivity contribution is 0.0384. The molecular formula is C14H24N2OS. The normalized spacial score (nSPS) is 26.2. The Labute approximate surface area is 114 Å². The number of hydrogen-bond acceptors (Lipinski definition) is 4. The second kappa shape index (κ2) is 6.64. The van der Waals surface area contributed by atoms with Gasteiger partial charge >= 0.3 is 0 Å². The first kappa shape index (κ1) is 14.0. The Morgan fingerprint density at radius 2 is 2.28 bits per heavy atom. The Hall–Kier alpha value is -0.450. The van der Waals surface area contributed by atoms with Crippen molar-refractivity contribution < 1.29 is 4.74 Å². The summed E-state index contributed by atoms with van der Waals surface area (Å²) in [6.07, 6.45) is 8.45. The molecule has 0 saturated heterocycles. The molecule has 0 radical (unpaired) electrons. The number of nitrogens with zero attached hydrogens (tertiary/aromatic N) is 1. The quantitative estimate of drug-likeness (QED) is 0.889. The van der Waals surface area contributed by atoms with E-state index in [9.17, 15) is 0 Å². The molecule has 1 fully saturated rings. The molecular weight excluding hydrogens is 244 g/mol. The monoisotopic (exact) mass is 268 g/mol. The Kier molecular flexibility index (Phi) is 5.15. The molecule has 0 bridgehead atoms. The number of hydrogen-bond donors (Lipinski definition) is 1. The maximum atomic E-state index is 5.59. The topological polar surface area (TPSA) is 34.2 Å². The van der Waals surface area contributed by atoms with Crippen LogP contribution in [0.4, 0.5) is 0 Å². The summed E-state index contributed by atoms with van der Waals surface area (Å²) in [5.41, 5.74) is 0. The third-order valence-corrected chi connectivity index (χ3v) is 5.08. The van der Waals surface area contributed by atoms with E-state index in [2.05, 4.69) is 24.1 Å². The van der Waals surface area contributed by atoms with Gasteiger partial charge in [0.15, 0.2) is 0 Å². The number of rotatable bonds is 5. The van der Waals surface area contributed by atoms with Gasteiger partial charge in [0.25, 0.3) is 0 Å². The van der Waals surface area contributed by atoms with Gasteiger partial charge in [0, 0.05) is 24.2 Å². The van der Waals surface area contributed by atoms with Crippen LogP contribution in [0.2, 0.25) is 0 Å². The van der Waals surface area contributed by atoms with Crippen molar-refractivity contribution in [2.75, 3.05) is 7.11 Å². The molecule has 1 aromatic rings. The van der Waals surface area contributed by atoms with Crippen molar-refractivity contribution in [2.24, 2.45) is 0 Å². The molecule has 3 atom stereocenters. The van der Waals surface area contributed by atoms with Crippen LogP contribution in [0.5, 0.6) is 0 Å². The van der Waals surface area contributed by atoms with Gasteiger partial charge in [0.1, 0.15) is 5.01 Å². The van der Waals surface area contributed by atoms with Crippen LogP contribution >= 0.6 is 11.3 Å². The molecule has 2 rings (SSSR count). The highest BCUT2D eigenvalue weighted by molar-refractivity contribution is 7.11. The van der Waals surface area contributed by atoms with Crippen molar-refractivity contribution in [3.63, 3.8) is 0 Å². The second-order valence-corrected chi connectivity index (χ2v) is 6.22. The SMILES string of the molecule is CCc1cnc(C(C)NC2CCCCC2OC)s1. The molecule has 1 aliphatic rings. The van der Waals surface area contributed by atoms with Crippen LogP contribution in [-0.4, -0.2) is 24.2 Å². The molecule has 1 saturated carbocycles. The van der Waals surface area contributed by atoms with Crippen molar-refractivity contribution in [2.45, 2.75) is 64.1 Å². The van der Waals surface area contributed by atoms with Gasteiger partial charge in [-0.3, -0.25) is 0 Å². The minimum absolute atomic E-state index is 0.330. The lowest BCUT2D eigenvalue weighted by Crippen LogP contribution is -2.44. The molecule has 1 aromatic heterocycles. The van der Waals surface area contributed by atoms with Gasteiger partial charge in [-0.25, -0.2) is 4.98 Å². The molecule has 3 nitrogen and oxygen atoms in total. The maximum Gasteiger partial charge on any atom is 0.109 e. The zero-order valence-electron chi connectivity index (χ0n) is 11.6. The van der Waals surface area contributed by atoms with Gasteiger partial charge in [0.05, 0.1) is 12.1 Å². The van der Waals surface area contributed by atoms with Crippen LogP contribution in [0, 0.1) is 0 Å². The zero-order valence-corrected chi connectivity index (χ0v) is 12.4. The average Bonchev–Trinajstić information content (AvgIpc) is 2.88. The Morgan fingerprint density at radius 3 is 2.94 bits per heavy atom. The predicted octanol–water partition coefficient (Wildman–Crippen LogP) is 3.31. The van der Waals surface area contributed by atoms with E-state index in [0.717, 1.165) is 6.42 Å². The highest BCUT2D eigenvalue weighted by Gasteiger charge is 2.26. The average molecular weight is 268 g/mol. The van der Waals surface area contributed by atoms with E-state index < -0.39 is 0 Å². The first-order chi connectivity index (χ1) is 8.74. The molecule has 0 aliphatic heterocycles. The molecule has 102 valence electrons. The fraction of sp³-hybridized carbons (Fsp3) is 0.786. The molecule has 0 aromatic carbocycles. The minimum Gasteiger partial charge on any atom is -0.380 e. The van der Waals surface area contributed by atoms with Crippen molar-refractivity contribution in [1.29, 1.82) is 0 Å². The number of ether oxygens (including phenoxy) is 1.